The average Bonchev–Trinajstić information content (AvgIpc) is 2.45. The van der Waals surface area contributed by atoms with E-state index in [4.69, 9.17) is 11.6 Å². The molecule has 0 aliphatic carbocycles. The molecule has 0 bridgehead atoms. The van der Waals surface area contributed by atoms with E-state index in [1.807, 2.05) is 24.3 Å². The molecule has 0 heterocycles. The first kappa shape index (κ1) is 15.0. The van der Waals surface area contributed by atoms with Gasteiger partial charge in [-0.1, -0.05) is 36.7 Å². The molecule has 0 aliphatic rings. The quantitative estimate of drug-likeness (QED) is 0.797. The summed E-state index contributed by atoms with van der Waals surface area (Å²) in [7, 11) is 0. The zero-order valence-electron chi connectivity index (χ0n) is 11.8. The second kappa shape index (κ2) is 6.87. The molecule has 0 fully saturated rings. The van der Waals surface area contributed by atoms with Crippen LogP contribution in [-0.4, -0.2) is 6.54 Å². The number of benzene rings is 2. The molecule has 0 amide bonds. The molecule has 0 aliphatic heterocycles. The average molecular weight is 292 g/mol. The smallest absolute Gasteiger partial charge is 0.131 e. The van der Waals surface area contributed by atoms with Crippen LogP contribution in [0, 0.1) is 5.82 Å². The predicted octanol–water partition coefficient (Wildman–Crippen LogP) is 5.21. The van der Waals surface area contributed by atoms with Crippen LogP contribution in [0.25, 0.3) is 11.1 Å². The van der Waals surface area contributed by atoms with Crippen molar-refractivity contribution in [2.45, 2.75) is 26.3 Å². The van der Waals surface area contributed by atoms with Crippen LogP contribution in [-0.2, 0) is 0 Å². The number of hydrogen-bond acceptors (Lipinski definition) is 1. The van der Waals surface area contributed by atoms with Gasteiger partial charge in [0.1, 0.15) is 5.82 Å². The summed E-state index contributed by atoms with van der Waals surface area (Å²) in [4.78, 5) is 0. The third-order valence-electron chi connectivity index (χ3n) is 3.33. The topological polar surface area (TPSA) is 12.0 Å². The van der Waals surface area contributed by atoms with Gasteiger partial charge in [0, 0.05) is 16.6 Å². The van der Waals surface area contributed by atoms with E-state index in [1.54, 1.807) is 12.1 Å². The highest BCUT2D eigenvalue weighted by Gasteiger charge is 2.10. The lowest BCUT2D eigenvalue weighted by Crippen LogP contribution is -2.19. The summed E-state index contributed by atoms with van der Waals surface area (Å²) in [6, 6.07) is 12.7. The first-order valence-corrected chi connectivity index (χ1v) is 7.28. The zero-order valence-corrected chi connectivity index (χ0v) is 12.5. The fourth-order valence-corrected chi connectivity index (χ4v) is 2.36. The van der Waals surface area contributed by atoms with Crippen LogP contribution in [0.3, 0.4) is 0 Å². The monoisotopic (exact) mass is 291 g/mol. The van der Waals surface area contributed by atoms with Crippen molar-refractivity contribution in [3.05, 3.63) is 58.9 Å². The van der Waals surface area contributed by atoms with Gasteiger partial charge in [-0.2, -0.15) is 0 Å². The minimum atomic E-state index is -0.223. The molecular weight excluding hydrogens is 273 g/mol. The van der Waals surface area contributed by atoms with Gasteiger partial charge in [-0.05, 0) is 55.3 Å². The van der Waals surface area contributed by atoms with Gasteiger partial charge in [0.2, 0.25) is 0 Å². The summed E-state index contributed by atoms with van der Waals surface area (Å²) in [6.07, 6.45) is 1.08. The molecule has 1 atom stereocenters. The van der Waals surface area contributed by atoms with Crippen molar-refractivity contribution in [3.63, 3.8) is 0 Å². The molecule has 20 heavy (non-hydrogen) atoms. The SMILES string of the molecule is CCCNC(C)c1ccc(F)c(-c2cccc(Cl)c2)c1. The predicted molar refractivity (Wildman–Crippen MR) is 83.6 cm³/mol. The maximum absolute atomic E-state index is 14.0. The van der Waals surface area contributed by atoms with Crippen molar-refractivity contribution in [2.75, 3.05) is 6.54 Å². The molecule has 2 aromatic carbocycles. The van der Waals surface area contributed by atoms with Gasteiger partial charge in [0.25, 0.3) is 0 Å². The van der Waals surface area contributed by atoms with Gasteiger partial charge in [-0.25, -0.2) is 4.39 Å². The largest absolute Gasteiger partial charge is 0.310 e. The molecule has 106 valence electrons. The molecule has 2 aromatic rings. The van der Waals surface area contributed by atoms with Crippen LogP contribution in [0.2, 0.25) is 5.02 Å². The van der Waals surface area contributed by atoms with Gasteiger partial charge < -0.3 is 5.32 Å². The van der Waals surface area contributed by atoms with E-state index >= 15 is 0 Å². The van der Waals surface area contributed by atoms with Gasteiger partial charge in [0.15, 0.2) is 0 Å². The fraction of sp³-hybridized carbons (Fsp3) is 0.294. The zero-order chi connectivity index (χ0) is 14.5. The second-order valence-corrected chi connectivity index (χ2v) is 5.36. The molecular formula is C17H19ClFN. The van der Waals surface area contributed by atoms with E-state index in [-0.39, 0.29) is 11.9 Å². The highest BCUT2D eigenvalue weighted by Crippen LogP contribution is 2.28. The molecule has 0 aromatic heterocycles. The lowest BCUT2D eigenvalue weighted by atomic mass is 9.99. The van der Waals surface area contributed by atoms with Gasteiger partial charge in [0.05, 0.1) is 0 Å². The Hall–Kier alpha value is -1.38. The van der Waals surface area contributed by atoms with Crippen molar-refractivity contribution in [2.24, 2.45) is 0 Å². The minimum absolute atomic E-state index is 0.202. The molecule has 3 heteroatoms. The van der Waals surface area contributed by atoms with Crippen LogP contribution in [0.5, 0.6) is 0 Å². The molecule has 0 spiro atoms. The number of halogens is 2. The lowest BCUT2D eigenvalue weighted by Gasteiger charge is -2.15. The highest BCUT2D eigenvalue weighted by atomic mass is 35.5. The third-order valence-corrected chi connectivity index (χ3v) is 3.56. The molecule has 0 saturated carbocycles. The summed E-state index contributed by atoms with van der Waals surface area (Å²) in [5.74, 6) is -0.223. The normalized spacial score (nSPS) is 12.4. The van der Waals surface area contributed by atoms with Crippen LogP contribution in [0.1, 0.15) is 31.9 Å². The Morgan fingerprint density at radius 2 is 2.00 bits per heavy atom. The van der Waals surface area contributed by atoms with Crippen LogP contribution >= 0.6 is 11.6 Å². The molecule has 0 saturated heterocycles. The molecule has 1 unspecified atom stereocenters. The first-order valence-electron chi connectivity index (χ1n) is 6.90. The summed E-state index contributed by atoms with van der Waals surface area (Å²) < 4.78 is 14.0. The summed E-state index contributed by atoms with van der Waals surface area (Å²) in [5.41, 5.74) is 2.48. The fourth-order valence-electron chi connectivity index (χ4n) is 2.17. The number of nitrogens with one attached hydrogen (secondary N) is 1. The Balaban J connectivity index is 2.34. The van der Waals surface area contributed by atoms with Crippen molar-refractivity contribution < 1.29 is 4.39 Å². The van der Waals surface area contributed by atoms with E-state index < -0.39 is 0 Å². The third kappa shape index (κ3) is 3.59. The first-order chi connectivity index (χ1) is 9.61. The summed E-state index contributed by atoms with van der Waals surface area (Å²) in [6.45, 7) is 5.16. The standard InChI is InChI=1S/C17H19ClFN/c1-3-9-20-12(2)13-7-8-17(19)16(11-13)14-5-4-6-15(18)10-14/h4-8,10-12,20H,3,9H2,1-2H3. The van der Waals surface area contributed by atoms with Crippen molar-refractivity contribution in [1.29, 1.82) is 0 Å². The number of hydrogen-bond donors (Lipinski definition) is 1. The second-order valence-electron chi connectivity index (χ2n) is 4.93. The van der Waals surface area contributed by atoms with Gasteiger partial charge in [-0.15, -0.1) is 0 Å². The Morgan fingerprint density at radius 3 is 2.70 bits per heavy atom. The number of rotatable bonds is 5. The Labute approximate surface area is 124 Å². The summed E-state index contributed by atoms with van der Waals surface area (Å²) in [5, 5.41) is 4.02. The van der Waals surface area contributed by atoms with E-state index in [0.717, 1.165) is 24.1 Å². The van der Waals surface area contributed by atoms with E-state index in [9.17, 15) is 4.39 Å². The maximum Gasteiger partial charge on any atom is 0.131 e. The maximum atomic E-state index is 14.0. The Morgan fingerprint density at radius 1 is 1.20 bits per heavy atom. The Kier molecular flexibility index (Phi) is 5.16. The van der Waals surface area contributed by atoms with Crippen LogP contribution < -0.4 is 5.32 Å². The van der Waals surface area contributed by atoms with Crippen LogP contribution in [0.4, 0.5) is 4.39 Å². The molecule has 0 radical (unpaired) electrons. The van der Waals surface area contributed by atoms with Gasteiger partial charge >= 0.3 is 0 Å². The van der Waals surface area contributed by atoms with Crippen LogP contribution in [0.15, 0.2) is 42.5 Å². The molecule has 1 nitrogen and oxygen atoms in total. The van der Waals surface area contributed by atoms with Crippen molar-refractivity contribution >= 4 is 11.6 Å². The molecule has 1 N–H and O–H groups in total. The van der Waals surface area contributed by atoms with Crippen molar-refractivity contribution in [1.82, 2.24) is 5.32 Å². The van der Waals surface area contributed by atoms with Gasteiger partial charge in [-0.3, -0.25) is 0 Å². The van der Waals surface area contributed by atoms with E-state index in [0.29, 0.717) is 10.6 Å². The van der Waals surface area contributed by atoms with E-state index in [2.05, 4.69) is 19.2 Å². The van der Waals surface area contributed by atoms with E-state index in [1.165, 1.54) is 6.07 Å². The molecule has 2 rings (SSSR count). The highest BCUT2D eigenvalue weighted by molar-refractivity contribution is 6.30. The minimum Gasteiger partial charge on any atom is -0.310 e. The lowest BCUT2D eigenvalue weighted by molar-refractivity contribution is 0.568. The van der Waals surface area contributed by atoms with Crippen molar-refractivity contribution in [3.8, 4) is 11.1 Å². The Bertz CT molecular complexity index is 583. The summed E-state index contributed by atoms with van der Waals surface area (Å²) >= 11 is 5.98.